The Morgan fingerprint density at radius 2 is 1.89 bits per heavy atom. The number of hydrogen-bond donors (Lipinski definition) is 0. The molecule has 1 aromatic heterocycles. The number of benzene rings is 1. The van der Waals surface area contributed by atoms with E-state index in [4.69, 9.17) is 38.5 Å². The van der Waals surface area contributed by atoms with Crippen molar-refractivity contribution in [3.63, 3.8) is 0 Å². The van der Waals surface area contributed by atoms with Crippen LogP contribution < -0.4 is 4.74 Å². The van der Waals surface area contributed by atoms with Gasteiger partial charge in [0.25, 0.3) is 0 Å². The van der Waals surface area contributed by atoms with Gasteiger partial charge in [0.15, 0.2) is 0 Å². The first-order chi connectivity index (χ1) is 16.8. The number of halogens is 2. The molecule has 2 aromatic rings. The molecular formula is C25H23Cl2N5O3. The number of nitriles is 2. The summed E-state index contributed by atoms with van der Waals surface area (Å²) in [5.41, 5.74) is 1.40. The third kappa shape index (κ3) is 5.35. The molecule has 2 saturated heterocycles. The SMILES string of the molecule is C[C@H](Oc1ccc(C#N)cn1)[C@H]1CN(C(=O)C2CN(C(=O)CC#N)C2)C[C@@H]1c1ccc(Cl)c(Cl)c1. The minimum atomic E-state index is -0.289. The number of likely N-dealkylation sites (tertiary alicyclic amines) is 2. The van der Waals surface area contributed by atoms with Crippen LogP contribution in [-0.2, 0) is 9.59 Å². The lowest BCUT2D eigenvalue weighted by Gasteiger charge is -2.39. The highest BCUT2D eigenvalue weighted by molar-refractivity contribution is 6.42. The molecule has 2 aliphatic rings. The number of nitrogens with zero attached hydrogens (tertiary/aromatic N) is 5. The Kier molecular flexibility index (Phi) is 7.45. The zero-order chi connectivity index (χ0) is 25.1. The largest absolute Gasteiger partial charge is 0.474 e. The van der Waals surface area contributed by atoms with E-state index in [0.717, 1.165) is 5.56 Å². The van der Waals surface area contributed by atoms with Gasteiger partial charge in [0.2, 0.25) is 17.7 Å². The zero-order valence-electron chi connectivity index (χ0n) is 19.0. The first-order valence-electron chi connectivity index (χ1n) is 11.2. The summed E-state index contributed by atoms with van der Waals surface area (Å²) in [4.78, 5) is 32.7. The molecule has 1 aromatic carbocycles. The summed E-state index contributed by atoms with van der Waals surface area (Å²) < 4.78 is 6.11. The summed E-state index contributed by atoms with van der Waals surface area (Å²) in [6.07, 6.45) is 0.992. The summed E-state index contributed by atoms with van der Waals surface area (Å²) in [5.74, 6) is -0.227. The summed E-state index contributed by atoms with van der Waals surface area (Å²) in [6.45, 7) is 3.56. The lowest BCUT2D eigenvalue weighted by molar-refractivity contribution is -0.147. The Hall–Kier alpha value is -3.33. The van der Waals surface area contributed by atoms with Crippen LogP contribution in [-0.4, -0.2) is 58.9 Å². The fraction of sp³-hybridized carbons (Fsp3) is 0.400. The molecule has 0 bridgehead atoms. The molecule has 2 aliphatic heterocycles. The topological polar surface area (TPSA) is 110 Å². The first kappa shape index (κ1) is 24.8. The molecule has 0 radical (unpaired) electrons. The molecule has 0 spiro atoms. The van der Waals surface area contributed by atoms with E-state index in [9.17, 15) is 9.59 Å². The monoisotopic (exact) mass is 511 g/mol. The van der Waals surface area contributed by atoms with E-state index in [1.807, 2.05) is 36.1 Å². The van der Waals surface area contributed by atoms with Crippen molar-refractivity contribution in [1.82, 2.24) is 14.8 Å². The first-order valence-corrected chi connectivity index (χ1v) is 12.0. The number of amides is 2. The van der Waals surface area contributed by atoms with Gasteiger partial charge in [-0.2, -0.15) is 10.5 Å². The van der Waals surface area contributed by atoms with Gasteiger partial charge in [0.1, 0.15) is 18.6 Å². The standard InChI is InChI=1S/C25H23Cl2N5O3/c1-15(35-23-5-2-16(9-29)10-30-23)19-13-32(14-20(19)17-3-4-21(26)22(27)8-17)25(34)18-11-31(12-18)24(33)6-7-28/h2-5,8,10,15,18-20H,6,11-14H2,1H3/t15-,19+,20+/m0/s1. The highest BCUT2D eigenvalue weighted by atomic mass is 35.5. The van der Waals surface area contributed by atoms with Crippen LogP contribution >= 0.6 is 23.2 Å². The molecule has 4 rings (SSSR count). The highest BCUT2D eigenvalue weighted by Gasteiger charge is 2.44. The number of carbonyl (C=O) groups is 2. The van der Waals surface area contributed by atoms with Crippen molar-refractivity contribution < 1.29 is 14.3 Å². The van der Waals surface area contributed by atoms with Crippen molar-refractivity contribution in [2.45, 2.75) is 25.4 Å². The Morgan fingerprint density at radius 3 is 2.51 bits per heavy atom. The number of ether oxygens (including phenoxy) is 1. The van der Waals surface area contributed by atoms with Gasteiger partial charge in [-0.1, -0.05) is 29.3 Å². The number of pyridine rings is 1. The summed E-state index contributed by atoms with van der Waals surface area (Å²) >= 11 is 12.4. The van der Waals surface area contributed by atoms with Crippen LogP contribution in [0.3, 0.4) is 0 Å². The molecule has 35 heavy (non-hydrogen) atoms. The van der Waals surface area contributed by atoms with Crippen LogP contribution in [0.5, 0.6) is 5.88 Å². The van der Waals surface area contributed by atoms with Crippen LogP contribution in [0.25, 0.3) is 0 Å². The number of aromatic nitrogens is 1. The van der Waals surface area contributed by atoms with Gasteiger partial charge >= 0.3 is 0 Å². The van der Waals surface area contributed by atoms with E-state index in [0.29, 0.717) is 47.7 Å². The van der Waals surface area contributed by atoms with Gasteiger partial charge in [-0.05, 0) is 30.7 Å². The van der Waals surface area contributed by atoms with E-state index in [-0.39, 0.29) is 42.1 Å². The molecule has 0 saturated carbocycles. The lowest BCUT2D eigenvalue weighted by Crippen LogP contribution is -2.56. The van der Waals surface area contributed by atoms with Crippen molar-refractivity contribution in [3.05, 3.63) is 57.7 Å². The Bertz CT molecular complexity index is 1200. The smallest absolute Gasteiger partial charge is 0.236 e. The molecule has 8 nitrogen and oxygen atoms in total. The van der Waals surface area contributed by atoms with Gasteiger partial charge in [-0.25, -0.2) is 4.98 Å². The van der Waals surface area contributed by atoms with Crippen LogP contribution in [0.1, 0.15) is 30.4 Å². The van der Waals surface area contributed by atoms with Crippen LogP contribution in [0.4, 0.5) is 0 Å². The molecule has 3 heterocycles. The van der Waals surface area contributed by atoms with E-state index in [1.54, 1.807) is 18.2 Å². The Labute approximate surface area is 213 Å². The quantitative estimate of drug-likeness (QED) is 0.585. The minimum absolute atomic E-state index is 0.0118. The fourth-order valence-corrected chi connectivity index (χ4v) is 4.96. The summed E-state index contributed by atoms with van der Waals surface area (Å²) in [7, 11) is 0. The Balaban J connectivity index is 1.50. The van der Waals surface area contributed by atoms with Gasteiger partial charge in [0, 0.05) is 50.3 Å². The van der Waals surface area contributed by atoms with E-state index < -0.39 is 0 Å². The summed E-state index contributed by atoms with van der Waals surface area (Å²) in [6, 6.07) is 12.7. The normalized spacial score (nSPS) is 20.5. The second-order valence-corrected chi connectivity index (χ2v) is 9.65. The average molecular weight is 512 g/mol. The molecule has 0 N–H and O–H groups in total. The van der Waals surface area contributed by atoms with Gasteiger partial charge in [-0.3, -0.25) is 9.59 Å². The third-order valence-electron chi connectivity index (χ3n) is 6.64. The number of hydrogen-bond acceptors (Lipinski definition) is 6. The molecule has 10 heteroatoms. The van der Waals surface area contributed by atoms with E-state index >= 15 is 0 Å². The van der Waals surface area contributed by atoms with Gasteiger partial charge in [0.05, 0.1) is 27.6 Å². The van der Waals surface area contributed by atoms with Crippen molar-refractivity contribution in [3.8, 4) is 18.0 Å². The molecule has 3 atom stereocenters. The van der Waals surface area contributed by atoms with Gasteiger partial charge in [-0.15, -0.1) is 0 Å². The predicted octanol–water partition coefficient (Wildman–Crippen LogP) is 3.64. The second-order valence-electron chi connectivity index (χ2n) is 8.84. The Morgan fingerprint density at radius 1 is 1.11 bits per heavy atom. The van der Waals surface area contributed by atoms with E-state index in [1.165, 1.54) is 11.1 Å². The lowest BCUT2D eigenvalue weighted by atomic mass is 9.86. The number of rotatable bonds is 6. The van der Waals surface area contributed by atoms with E-state index in [2.05, 4.69) is 4.98 Å². The van der Waals surface area contributed by atoms with Crippen molar-refractivity contribution in [2.24, 2.45) is 11.8 Å². The maximum atomic E-state index is 13.2. The minimum Gasteiger partial charge on any atom is -0.474 e. The third-order valence-corrected chi connectivity index (χ3v) is 7.38. The van der Waals surface area contributed by atoms with Crippen molar-refractivity contribution >= 4 is 35.0 Å². The van der Waals surface area contributed by atoms with Crippen molar-refractivity contribution in [2.75, 3.05) is 26.2 Å². The average Bonchev–Trinajstić information content (AvgIpc) is 3.26. The summed E-state index contributed by atoms with van der Waals surface area (Å²) in [5, 5.41) is 18.6. The second kappa shape index (κ2) is 10.5. The molecule has 0 aliphatic carbocycles. The van der Waals surface area contributed by atoms with Crippen LogP contribution in [0, 0.1) is 34.5 Å². The molecule has 0 unspecified atom stereocenters. The fourth-order valence-electron chi connectivity index (χ4n) is 4.65. The molecule has 180 valence electrons. The van der Waals surface area contributed by atoms with Crippen LogP contribution in [0.2, 0.25) is 10.0 Å². The van der Waals surface area contributed by atoms with Crippen LogP contribution in [0.15, 0.2) is 36.5 Å². The predicted molar refractivity (Wildman–Crippen MR) is 129 cm³/mol. The maximum absolute atomic E-state index is 13.2. The molecular weight excluding hydrogens is 489 g/mol. The van der Waals surface area contributed by atoms with Crippen molar-refractivity contribution in [1.29, 1.82) is 10.5 Å². The maximum Gasteiger partial charge on any atom is 0.236 e. The highest BCUT2D eigenvalue weighted by Crippen LogP contribution is 2.39. The molecule has 2 amide bonds. The molecule has 2 fully saturated rings. The zero-order valence-corrected chi connectivity index (χ0v) is 20.5. The van der Waals surface area contributed by atoms with Gasteiger partial charge < -0.3 is 14.5 Å². The number of carbonyl (C=O) groups excluding carboxylic acids is 2.